The molecule has 0 radical (unpaired) electrons. The van der Waals surface area contributed by atoms with Crippen molar-refractivity contribution in [3.05, 3.63) is 27.1 Å². The van der Waals surface area contributed by atoms with Crippen molar-refractivity contribution in [2.24, 2.45) is 0 Å². The Morgan fingerprint density at radius 1 is 1.57 bits per heavy atom. The van der Waals surface area contributed by atoms with Gasteiger partial charge in [-0.15, -0.1) is 11.3 Å². The Balaban J connectivity index is 2.19. The lowest BCUT2D eigenvalue weighted by Gasteiger charge is -2.07. The zero-order valence-electron chi connectivity index (χ0n) is 11.3. The van der Waals surface area contributed by atoms with Crippen LogP contribution in [0.3, 0.4) is 0 Å². The van der Waals surface area contributed by atoms with Gasteiger partial charge in [0, 0.05) is 11.9 Å². The van der Waals surface area contributed by atoms with E-state index >= 15 is 0 Å². The van der Waals surface area contributed by atoms with Crippen LogP contribution in [0, 0.1) is 0 Å². The highest BCUT2D eigenvalue weighted by Gasteiger charge is 2.34. The molecule has 0 aliphatic heterocycles. The number of carboxylic acids is 1. The van der Waals surface area contributed by atoms with Gasteiger partial charge in [0.15, 0.2) is 0 Å². The van der Waals surface area contributed by atoms with Crippen molar-refractivity contribution >= 4 is 33.4 Å². The molecule has 0 saturated heterocycles. The molecule has 110 valence electrons. The summed E-state index contributed by atoms with van der Waals surface area (Å²) in [4.78, 5) is 40.9. The molecule has 1 unspecified atom stereocenters. The summed E-state index contributed by atoms with van der Waals surface area (Å²) < 4.78 is 1.21. The molecule has 0 fully saturated rings. The van der Waals surface area contributed by atoms with E-state index < -0.39 is 11.9 Å². The Labute approximate surface area is 123 Å². The number of carboxylic acid groups (broad SMARTS) is 1. The zero-order chi connectivity index (χ0) is 15.1. The highest BCUT2D eigenvalue weighted by atomic mass is 32.1. The molecule has 21 heavy (non-hydrogen) atoms. The van der Waals surface area contributed by atoms with E-state index in [1.165, 1.54) is 29.3 Å². The molecular weight excluding hydrogens is 294 g/mol. The van der Waals surface area contributed by atoms with Crippen LogP contribution < -0.4 is 10.9 Å². The molecule has 2 N–H and O–H groups in total. The van der Waals surface area contributed by atoms with Gasteiger partial charge in [-0.05, 0) is 18.4 Å². The average molecular weight is 307 g/mol. The van der Waals surface area contributed by atoms with E-state index in [1.54, 1.807) is 0 Å². The Bertz CT molecular complexity index is 808. The smallest absolute Gasteiger partial charge is 0.311 e. The Kier molecular flexibility index (Phi) is 3.25. The van der Waals surface area contributed by atoms with Gasteiger partial charge in [0.25, 0.3) is 5.56 Å². The van der Waals surface area contributed by atoms with Crippen LogP contribution in [0.5, 0.6) is 0 Å². The van der Waals surface area contributed by atoms with Gasteiger partial charge >= 0.3 is 5.97 Å². The number of hydrogen-bond donors (Lipinski definition) is 2. The summed E-state index contributed by atoms with van der Waals surface area (Å²) in [6.45, 7) is -0.124. The van der Waals surface area contributed by atoms with Gasteiger partial charge in [-0.1, -0.05) is 0 Å². The second kappa shape index (κ2) is 4.96. The largest absolute Gasteiger partial charge is 0.481 e. The lowest BCUT2D eigenvalue weighted by atomic mass is 10.0. The third-order valence-electron chi connectivity index (χ3n) is 3.69. The molecule has 8 heteroatoms. The maximum Gasteiger partial charge on any atom is 0.311 e. The molecule has 1 amide bonds. The van der Waals surface area contributed by atoms with E-state index in [0.29, 0.717) is 28.6 Å². The monoisotopic (exact) mass is 307 g/mol. The first-order chi connectivity index (χ1) is 10.0. The number of rotatable bonds is 3. The summed E-state index contributed by atoms with van der Waals surface area (Å²) in [6.07, 6.45) is 2.50. The highest BCUT2D eigenvalue weighted by Crippen LogP contribution is 2.41. The molecule has 1 aliphatic rings. The molecule has 0 spiro atoms. The summed E-state index contributed by atoms with van der Waals surface area (Å²) in [6, 6.07) is 0. The van der Waals surface area contributed by atoms with Crippen LogP contribution in [0.2, 0.25) is 0 Å². The summed E-state index contributed by atoms with van der Waals surface area (Å²) >= 11 is 1.37. The minimum atomic E-state index is -0.922. The van der Waals surface area contributed by atoms with Crippen LogP contribution in [0.25, 0.3) is 10.2 Å². The molecule has 2 aromatic rings. The number of hydrogen-bond acceptors (Lipinski definition) is 5. The normalized spacial score (nSPS) is 16.9. The number of aromatic nitrogens is 2. The van der Waals surface area contributed by atoms with E-state index in [2.05, 4.69) is 10.3 Å². The molecule has 1 atom stereocenters. The predicted molar refractivity (Wildman–Crippen MR) is 76.6 cm³/mol. The zero-order valence-corrected chi connectivity index (χ0v) is 12.1. The summed E-state index contributed by atoms with van der Waals surface area (Å²) in [5.41, 5.74) is 0.237. The first-order valence-corrected chi connectivity index (χ1v) is 7.28. The fourth-order valence-corrected chi connectivity index (χ4v) is 3.87. The Hall–Kier alpha value is -2.22. The molecule has 3 rings (SSSR count). The van der Waals surface area contributed by atoms with Crippen molar-refractivity contribution < 1.29 is 14.7 Å². The van der Waals surface area contributed by atoms with Gasteiger partial charge in [0.2, 0.25) is 5.91 Å². The minimum Gasteiger partial charge on any atom is -0.481 e. The molecular formula is C13H13N3O4S. The number of likely N-dealkylation sites (N-methyl/N-ethyl adjacent to an activating group) is 1. The summed E-state index contributed by atoms with van der Waals surface area (Å²) in [5, 5.41) is 12.1. The van der Waals surface area contributed by atoms with Crippen molar-refractivity contribution in [2.45, 2.75) is 25.3 Å². The fraction of sp³-hybridized carbons (Fsp3) is 0.385. The SMILES string of the molecule is CNC(=O)Cn1cnc2sc3c(c2c1=O)C(C(=O)O)CC3. The van der Waals surface area contributed by atoms with Crippen molar-refractivity contribution in [3.63, 3.8) is 0 Å². The van der Waals surface area contributed by atoms with Gasteiger partial charge in [-0.25, -0.2) is 4.98 Å². The summed E-state index contributed by atoms with van der Waals surface area (Å²) in [7, 11) is 1.49. The van der Waals surface area contributed by atoms with Crippen LogP contribution in [-0.2, 0) is 22.6 Å². The van der Waals surface area contributed by atoms with Crippen molar-refractivity contribution in [3.8, 4) is 0 Å². The molecule has 7 nitrogen and oxygen atoms in total. The maximum absolute atomic E-state index is 12.5. The standard InChI is InChI=1S/C13H13N3O4S/c1-14-8(17)4-16-5-15-11-10(12(16)18)9-6(13(19)20)2-3-7(9)21-11/h5-6H,2-4H2,1H3,(H,14,17)(H,19,20). The molecule has 0 saturated carbocycles. The number of carbonyl (C=O) groups is 2. The number of nitrogens with one attached hydrogen (secondary N) is 1. The van der Waals surface area contributed by atoms with E-state index in [4.69, 9.17) is 0 Å². The number of amides is 1. The highest BCUT2D eigenvalue weighted by molar-refractivity contribution is 7.18. The van der Waals surface area contributed by atoms with Crippen LogP contribution in [-0.4, -0.2) is 33.6 Å². The number of aryl methyl sites for hydroxylation is 1. The topological polar surface area (TPSA) is 101 Å². The second-order valence-corrected chi connectivity index (χ2v) is 5.98. The van der Waals surface area contributed by atoms with Gasteiger partial charge in [-0.2, -0.15) is 0 Å². The van der Waals surface area contributed by atoms with Crippen LogP contribution in [0.4, 0.5) is 0 Å². The Morgan fingerprint density at radius 2 is 2.33 bits per heavy atom. The molecule has 0 aromatic carbocycles. The van der Waals surface area contributed by atoms with Gasteiger partial charge < -0.3 is 10.4 Å². The summed E-state index contributed by atoms with van der Waals surface area (Å²) in [5.74, 6) is -1.88. The second-order valence-electron chi connectivity index (χ2n) is 4.90. The van der Waals surface area contributed by atoms with Crippen molar-refractivity contribution in [1.29, 1.82) is 0 Å². The van der Waals surface area contributed by atoms with E-state index in [-0.39, 0.29) is 18.0 Å². The number of aliphatic carboxylic acids is 1. The first-order valence-electron chi connectivity index (χ1n) is 6.47. The lowest BCUT2D eigenvalue weighted by Crippen LogP contribution is -2.30. The molecule has 0 bridgehead atoms. The third kappa shape index (κ3) is 2.11. The Morgan fingerprint density at radius 3 is 3.00 bits per heavy atom. The van der Waals surface area contributed by atoms with Crippen LogP contribution >= 0.6 is 11.3 Å². The minimum absolute atomic E-state index is 0.124. The molecule has 1 aliphatic carbocycles. The first kappa shape index (κ1) is 13.7. The van der Waals surface area contributed by atoms with Gasteiger partial charge in [0.1, 0.15) is 11.4 Å². The number of carbonyl (C=O) groups excluding carboxylic acids is 1. The molecule has 2 heterocycles. The average Bonchev–Trinajstić information content (AvgIpc) is 2.99. The number of thiophene rings is 1. The van der Waals surface area contributed by atoms with E-state index in [1.807, 2.05) is 0 Å². The van der Waals surface area contributed by atoms with E-state index in [0.717, 1.165) is 4.88 Å². The fourth-order valence-electron chi connectivity index (χ4n) is 2.66. The van der Waals surface area contributed by atoms with Crippen LogP contribution in [0.15, 0.2) is 11.1 Å². The predicted octanol–water partition coefficient (Wildman–Crippen LogP) is 0.318. The van der Waals surface area contributed by atoms with Gasteiger partial charge in [-0.3, -0.25) is 19.0 Å². The third-order valence-corrected chi connectivity index (χ3v) is 4.87. The van der Waals surface area contributed by atoms with Gasteiger partial charge in [0.05, 0.1) is 17.6 Å². The lowest BCUT2D eigenvalue weighted by molar-refractivity contribution is -0.138. The van der Waals surface area contributed by atoms with Crippen molar-refractivity contribution in [2.75, 3.05) is 7.05 Å². The van der Waals surface area contributed by atoms with Crippen LogP contribution in [0.1, 0.15) is 22.8 Å². The quantitative estimate of drug-likeness (QED) is 0.850. The van der Waals surface area contributed by atoms with Crippen molar-refractivity contribution in [1.82, 2.24) is 14.9 Å². The number of fused-ring (bicyclic) bond motifs is 3. The van der Waals surface area contributed by atoms with E-state index in [9.17, 15) is 19.5 Å². The molecule has 2 aromatic heterocycles. The maximum atomic E-state index is 12.5. The number of nitrogens with zero attached hydrogens (tertiary/aromatic N) is 2.